The molecule has 2 aromatic rings. The molecule has 1 saturated carbocycles. The van der Waals surface area contributed by atoms with Gasteiger partial charge in [-0.1, -0.05) is 43.0 Å². The molecule has 3 nitrogen and oxygen atoms in total. The molecule has 1 aromatic carbocycles. The van der Waals surface area contributed by atoms with Crippen LogP contribution in [0.25, 0.3) is 0 Å². The second kappa shape index (κ2) is 5.76. The maximum Gasteiger partial charge on any atom is 0.189 e. The van der Waals surface area contributed by atoms with Gasteiger partial charge in [0.1, 0.15) is 5.82 Å². The number of hydrogen-bond acceptors (Lipinski definition) is 4. The average molecular weight is 337 g/mol. The van der Waals surface area contributed by atoms with E-state index in [0.29, 0.717) is 17.9 Å². The molecule has 0 spiro atoms. The van der Waals surface area contributed by atoms with Crippen molar-refractivity contribution in [3.8, 4) is 0 Å². The minimum Gasteiger partial charge on any atom is -0.366 e. The fraction of sp³-hybridized carbons (Fsp3) is 0.500. The smallest absolute Gasteiger partial charge is 0.189 e. The van der Waals surface area contributed by atoms with Crippen LogP contribution < -0.4 is 5.32 Å². The molecule has 0 saturated heterocycles. The van der Waals surface area contributed by atoms with Gasteiger partial charge in [-0.15, -0.1) is 0 Å². The van der Waals surface area contributed by atoms with Crippen LogP contribution in [0.1, 0.15) is 60.4 Å². The highest BCUT2D eigenvalue weighted by Crippen LogP contribution is 2.54. The van der Waals surface area contributed by atoms with Crippen molar-refractivity contribution in [1.82, 2.24) is 9.97 Å². The van der Waals surface area contributed by atoms with E-state index in [0.717, 1.165) is 29.6 Å². The molecule has 2 atom stereocenters. The maximum absolute atomic E-state index is 4.92. The van der Waals surface area contributed by atoms with Gasteiger partial charge < -0.3 is 5.32 Å². The highest BCUT2D eigenvalue weighted by molar-refractivity contribution is 7.99. The van der Waals surface area contributed by atoms with Crippen molar-refractivity contribution >= 4 is 17.6 Å². The Morgan fingerprint density at radius 2 is 1.83 bits per heavy atom. The van der Waals surface area contributed by atoms with E-state index < -0.39 is 0 Å². The second-order valence-corrected chi connectivity index (χ2v) is 8.54. The van der Waals surface area contributed by atoms with Crippen LogP contribution in [0.5, 0.6) is 0 Å². The predicted octanol–water partition coefficient (Wildman–Crippen LogP) is 4.53. The van der Waals surface area contributed by atoms with Crippen molar-refractivity contribution in [2.75, 3.05) is 11.1 Å². The zero-order valence-corrected chi connectivity index (χ0v) is 14.9. The zero-order valence-electron chi connectivity index (χ0n) is 14.1. The number of fused-ring (bicyclic) bond motifs is 6. The SMILES string of the molecule is CCSc1nc(NC2Cc3ccccc3C2)c2c(n1)C1CCC2C1. The first-order valence-corrected chi connectivity index (χ1v) is 10.2. The molecule has 124 valence electrons. The largest absolute Gasteiger partial charge is 0.366 e. The summed E-state index contributed by atoms with van der Waals surface area (Å²) < 4.78 is 0. The lowest BCUT2D eigenvalue weighted by molar-refractivity contribution is 0.670. The zero-order chi connectivity index (χ0) is 16.1. The highest BCUT2D eigenvalue weighted by atomic mass is 32.2. The number of benzene rings is 1. The van der Waals surface area contributed by atoms with Crippen LogP contribution in [0, 0.1) is 0 Å². The third-order valence-electron chi connectivity index (χ3n) is 5.85. The van der Waals surface area contributed by atoms with Crippen LogP contribution >= 0.6 is 11.8 Å². The van der Waals surface area contributed by atoms with Crippen LogP contribution in [0.2, 0.25) is 0 Å². The Balaban J connectivity index is 1.47. The molecule has 0 aliphatic heterocycles. The van der Waals surface area contributed by atoms with E-state index in [-0.39, 0.29) is 0 Å². The van der Waals surface area contributed by atoms with Gasteiger partial charge in [-0.05, 0) is 54.9 Å². The number of nitrogens with zero attached hydrogens (tertiary/aromatic N) is 2. The van der Waals surface area contributed by atoms with Gasteiger partial charge >= 0.3 is 0 Å². The average Bonchev–Trinajstić information content (AvgIpc) is 3.28. The van der Waals surface area contributed by atoms with E-state index in [1.54, 1.807) is 11.8 Å². The summed E-state index contributed by atoms with van der Waals surface area (Å²) in [6, 6.07) is 9.31. The summed E-state index contributed by atoms with van der Waals surface area (Å²) in [6.45, 7) is 2.17. The minimum atomic E-state index is 0.472. The molecule has 2 bridgehead atoms. The monoisotopic (exact) mass is 337 g/mol. The van der Waals surface area contributed by atoms with Crippen LogP contribution in [0.3, 0.4) is 0 Å². The van der Waals surface area contributed by atoms with Crippen LogP contribution in [-0.2, 0) is 12.8 Å². The van der Waals surface area contributed by atoms with Crippen molar-refractivity contribution in [1.29, 1.82) is 0 Å². The molecule has 1 fully saturated rings. The third-order valence-corrected chi connectivity index (χ3v) is 6.58. The first kappa shape index (κ1) is 14.8. The molecule has 1 heterocycles. The standard InChI is InChI=1S/C20H23N3S/c1-2-24-20-22-18-15-8-7-14(9-15)17(18)19(23-20)21-16-10-12-5-3-4-6-13(12)11-16/h3-6,14-16H,2,7-11H2,1H3,(H,21,22,23). The second-order valence-electron chi connectivity index (χ2n) is 7.31. The minimum absolute atomic E-state index is 0.472. The number of aromatic nitrogens is 2. The van der Waals surface area contributed by atoms with E-state index in [9.17, 15) is 0 Å². The molecule has 1 aromatic heterocycles. The topological polar surface area (TPSA) is 37.8 Å². The normalized spacial score (nSPS) is 24.2. The molecular weight excluding hydrogens is 314 g/mol. The lowest BCUT2D eigenvalue weighted by Gasteiger charge is -2.21. The summed E-state index contributed by atoms with van der Waals surface area (Å²) in [5, 5.41) is 4.77. The fourth-order valence-corrected chi connectivity index (χ4v) is 5.41. The van der Waals surface area contributed by atoms with Crippen LogP contribution in [0.15, 0.2) is 29.4 Å². The molecule has 24 heavy (non-hydrogen) atoms. The Labute approximate surface area is 147 Å². The molecule has 3 aliphatic rings. The summed E-state index contributed by atoms with van der Waals surface area (Å²) >= 11 is 1.77. The van der Waals surface area contributed by atoms with Gasteiger partial charge in [0.05, 0.1) is 5.69 Å². The Kier molecular flexibility index (Phi) is 3.55. The highest BCUT2D eigenvalue weighted by Gasteiger charge is 2.41. The van der Waals surface area contributed by atoms with E-state index in [1.165, 1.54) is 41.6 Å². The van der Waals surface area contributed by atoms with Gasteiger partial charge in [-0.3, -0.25) is 0 Å². The number of rotatable bonds is 4. The quantitative estimate of drug-likeness (QED) is 0.657. The molecule has 3 aliphatic carbocycles. The molecule has 5 rings (SSSR count). The molecule has 0 radical (unpaired) electrons. The number of thioether (sulfide) groups is 1. The summed E-state index contributed by atoms with van der Waals surface area (Å²) in [5.74, 6) is 3.55. The van der Waals surface area contributed by atoms with Crippen molar-refractivity contribution in [3.05, 3.63) is 46.6 Å². The van der Waals surface area contributed by atoms with Gasteiger partial charge in [0.15, 0.2) is 5.16 Å². The first-order valence-electron chi connectivity index (χ1n) is 9.19. The van der Waals surface area contributed by atoms with Crippen LogP contribution in [-0.4, -0.2) is 21.8 Å². The van der Waals surface area contributed by atoms with E-state index in [2.05, 4.69) is 36.5 Å². The third kappa shape index (κ3) is 2.34. The van der Waals surface area contributed by atoms with Crippen LogP contribution in [0.4, 0.5) is 5.82 Å². The molecule has 4 heteroatoms. The van der Waals surface area contributed by atoms with Gasteiger partial charge in [0.25, 0.3) is 0 Å². The fourth-order valence-electron chi connectivity index (χ4n) is 4.83. The lowest BCUT2D eigenvalue weighted by Crippen LogP contribution is -2.22. The molecular formula is C20H23N3S. The van der Waals surface area contributed by atoms with E-state index in [1.807, 2.05) is 0 Å². The summed E-state index contributed by atoms with van der Waals surface area (Å²) in [5.41, 5.74) is 5.79. The summed E-state index contributed by atoms with van der Waals surface area (Å²) in [4.78, 5) is 9.83. The number of hydrogen-bond donors (Lipinski definition) is 1. The Morgan fingerprint density at radius 1 is 1.08 bits per heavy atom. The van der Waals surface area contributed by atoms with E-state index in [4.69, 9.17) is 9.97 Å². The van der Waals surface area contributed by atoms with Crippen molar-refractivity contribution < 1.29 is 0 Å². The van der Waals surface area contributed by atoms with Gasteiger partial charge in [0, 0.05) is 17.5 Å². The van der Waals surface area contributed by atoms with Crippen molar-refractivity contribution in [2.45, 2.75) is 62.1 Å². The lowest BCUT2D eigenvalue weighted by atomic mass is 9.96. The Hall–Kier alpha value is -1.55. The molecule has 1 N–H and O–H groups in total. The molecule has 2 unspecified atom stereocenters. The first-order chi connectivity index (χ1) is 11.8. The Morgan fingerprint density at radius 3 is 2.58 bits per heavy atom. The molecule has 0 amide bonds. The predicted molar refractivity (Wildman–Crippen MR) is 99.0 cm³/mol. The van der Waals surface area contributed by atoms with Gasteiger partial charge in [-0.2, -0.15) is 0 Å². The van der Waals surface area contributed by atoms with Gasteiger partial charge in [0.2, 0.25) is 0 Å². The Bertz CT molecular complexity index is 763. The van der Waals surface area contributed by atoms with Gasteiger partial charge in [-0.25, -0.2) is 9.97 Å². The summed E-state index contributed by atoms with van der Waals surface area (Å²) in [6.07, 6.45) is 6.16. The number of anilines is 1. The van der Waals surface area contributed by atoms with Crippen molar-refractivity contribution in [2.24, 2.45) is 0 Å². The van der Waals surface area contributed by atoms with E-state index >= 15 is 0 Å². The maximum atomic E-state index is 4.92. The summed E-state index contributed by atoms with van der Waals surface area (Å²) in [7, 11) is 0. The van der Waals surface area contributed by atoms with Crippen molar-refractivity contribution in [3.63, 3.8) is 0 Å². The number of nitrogens with one attached hydrogen (secondary N) is 1.